The number of benzene rings is 4. The molecule has 6 aliphatic carbocycles. The summed E-state index contributed by atoms with van der Waals surface area (Å²) in [5.74, 6) is 3.29. The van der Waals surface area contributed by atoms with Crippen molar-refractivity contribution < 1.29 is 73.3 Å². The number of rotatable bonds is 4. The average molecular weight is 1230 g/mol. The SMILES string of the molecule is [Cl-].[Cl-].[Zr+2]=[C]1CCCC1.[Zr+2]=[C]1CCCC1.c1ccc2c(C3CCCCCC3)c[cH-]c2c1.c1ccc2c(C3CCCCCC3)c[cH-]c2c1.c1ccc2c(C3CCCCCC3)c[cH-]c2c1.c1ccc2c(C3CCCCCC3)c[cH-]c2c1. The van der Waals surface area contributed by atoms with Crippen LogP contribution in [0.2, 0.25) is 0 Å². The topological polar surface area (TPSA) is 0 Å². The summed E-state index contributed by atoms with van der Waals surface area (Å²) in [4.78, 5) is 0. The van der Waals surface area contributed by atoms with Crippen molar-refractivity contribution in [2.75, 3.05) is 0 Å². The third kappa shape index (κ3) is 18.7. The second-order valence-electron chi connectivity index (χ2n) is 23.9. The first-order chi connectivity index (χ1) is 37.6. The van der Waals surface area contributed by atoms with Crippen LogP contribution >= 0.6 is 0 Å². The molecule has 0 saturated heterocycles. The van der Waals surface area contributed by atoms with E-state index >= 15 is 0 Å². The van der Waals surface area contributed by atoms with Gasteiger partial charge in [-0.1, -0.05) is 202 Å². The van der Waals surface area contributed by atoms with Crippen molar-refractivity contribution in [2.24, 2.45) is 0 Å². The molecule has 8 aromatic carbocycles. The maximum atomic E-state index is 2.36. The second kappa shape index (κ2) is 34.8. The Balaban J connectivity index is 0.000000139. The molecule has 412 valence electrons. The third-order valence-electron chi connectivity index (χ3n) is 18.5. The van der Waals surface area contributed by atoms with E-state index < -0.39 is 0 Å². The van der Waals surface area contributed by atoms with Gasteiger partial charge in [0.1, 0.15) is 0 Å². The van der Waals surface area contributed by atoms with Crippen molar-refractivity contribution in [1.82, 2.24) is 0 Å². The van der Waals surface area contributed by atoms with Crippen molar-refractivity contribution in [1.29, 1.82) is 0 Å². The predicted molar refractivity (Wildman–Crippen MR) is 327 cm³/mol. The van der Waals surface area contributed by atoms with Crippen LogP contribution in [0.4, 0.5) is 0 Å². The van der Waals surface area contributed by atoms with Crippen molar-refractivity contribution >= 4 is 49.5 Å². The van der Waals surface area contributed by atoms with Crippen LogP contribution in [-0.2, 0) is 48.5 Å². The van der Waals surface area contributed by atoms with Crippen molar-refractivity contribution in [3.05, 3.63) is 168 Å². The number of hydrogen-bond donors (Lipinski definition) is 0. The van der Waals surface area contributed by atoms with Gasteiger partial charge in [0, 0.05) is 0 Å². The standard InChI is InChI=1S/4C16H19.2C5H8.2ClH.2Zr/c4*1-2-4-8-13(7-3-1)16-12-11-14-9-5-6-10-15(14)16;2*1-2-4-5-3-1;;;;/h4*5-6,9-13H,1-4,7-8H2;2*1-4H2;2*1H;;/q4*-1;;;;;2*+2/p-2. The van der Waals surface area contributed by atoms with E-state index in [0.29, 0.717) is 0 Å². The average Bonchev–Trinajstić information content (AvgIpc) is 4.33. The summed E-state index contributed by atoms with van der Waals surface area (Å²) in [7, 11) is 0. The van der Waals surface area contributed by atoms with E-state index in [0.717, 1.165) is 23.7 Å². The minimum absolute atomic E-state index is 0. The predicted octanol–water partition coefficient (Wildman–Crippen LogP) is 16.6. The molecule has 6 fully saturated rings. The van der Waals surface area contributed by atoms with E-state index in [-0.39, 0.29) is 24.8 Å². The van der Waals surface area contributed by atoms with E-state index in [1.54, 1.807) is 77.1 Å². The van der Waals surface area contributed by atoms with E-state index in [1.165, 1.54) is 249 Å². The first-order valence-corrected chi connectivity index (χ1v) is 33.7. The van der Waals surface area contributed by atoms with Crippen LogP contribution in [0.15, 0.2) is 146 Å². The normalized spacial score (nSPS) is 18.9. The van der Waals surface area contributed by atoms with E-state index in [1.807, 2.05) is 0 Å². The van der Waals surface area contributed by atoms with Crippen LogP contribution in [0, 0.1) is 0 Å². The van der Waals surface area contributed by atoms with Gasteiger partial charge in [0.05, 0.1) is 0 Å². The van der Waals surface area contributed by atoms with Gasteiger partial charge in [-0.15, -0.1) is 164 Å². The van der Waals surface area contributed by atoms with Crippen molar-refractivity contribution in [3.63, 3.8) is 0 Å². The molecule has 78 heavy (non-hydrogen) atoms. The fourth-order valence-corrected chi connectivity index (χ4v) is 15.8. The number of halogens is 2. The fraction of sp³-hybridized carbons (Fsp3) is 0.486. The van der Waals surface area contributed by atoms with Gasteiger partial charge in [0.15, 0.2) is 0 Å². The van der Waals surface area contributed by atoms with Gasteiger partial charge in [-0.3, -0.25) is 0 Å². The Kier molecular flexibility index (Phi) is 28.1. The Bertz CT molecular complexity index is 2530. The first kappa shape index (κ1) is 63.0. The minimum Gasteiger partial charge on any atom is -0.150 e. The van der Waals surface area contributed by atoms with Crippen LogP contribution in [-0.4, -0.2) is 6.41 Å². The van der Waals surface area contributed by atoms with Crippen LogP contribution in [0.5, 0.6) is 0 Å². The Morgan fingerprint density at radius 3 is 0.628 bits per heavy atom. The van der Waals surface area contributed by atoms with Gasteiger partial charge >= 0.3 is 106 Å². The summed E-state index contributed by atoms with van der Waals surface area (Å²) < 4.78 is 3.59. The van der Waals surface area contributed by atoms with Crippen LogP contribution < -0.4 is 24.8 Å². The van der Waals surface area contributed by atoms with Gasteiger partial charge in [-0.2, -0.15) is 22.3 Å². The molecule has 4 heteroatoms. The Morgan fingerprint density at radius 2 is 0.449 bits per heavy atom. The second-order valence-corrected chi connectivity index (χ2v) is 27.4. The zero-order chi connectivity index (χ0) is 52.0. The summed E-state index contributed by atoms with van der Waals surface area (Å²) in [5, 5.41) is 11.7. The quantitative estimate of drug-likeness (QED) is 0.122. The molecule has 0 aliphatic heterocycles. The molecule has 14 rings (SSSR count). The van der Waals surface area contributed by atoms with Gasteiger partial charge in [0.25, 0.3) is 0 Å². The molecule has 0 N–H and O–H groups in total. The molecule has 0 amide bonds. The fourth-order valence-electron chi connectivity index (χ4n) is 14.1. The summed E-state index contributed by atoms with van der Waals surface area (Å²) in [6, 6.07) is 53.9. The largest absolute Gasteiger partial charge is 0.150 e. The first-order valence-electron chi connectivity index (χ1n) is 31.3. The molecule has 0 unspecified atom stereocenters. The number of hydrogen-bond acceptors (Lipinski definition) is 0. The molecule has 0 nitrogen and oxygen atoms in total. The molecular weight excluding hydrogens is 1140 g/mol. The zero-order valence-electron chi connectivity index (χ0n) is 47.5. The minimum atomic E-state index is 0. The van der Waals surface area contributed by atoms with Crippen LogP contribution in [0.25, 0.3) is 43.1 Å². The van der Waals surface area contributed by atoms with Gasteiger partial charge in [-0.25, -0.2) is 0 Å². The Morgan fingerprint density at radius 1 is 0.256 bits per heavy atom. The molecule has 6 aliphatic rings. The van der Waals surface area contributed by atoms with Gasteiger partial charge in [-0.05, 0) is 0 Å². The molecule has 0 spiro atoms. The summed E-state index contributed by atoms with van der Waals surface area (Å²) in [6.45, 7) is 0. The van der Waals surface area contributed by atoms with Gasteiger partial charge < -0.3 is 24.8 Å². The molecule has 0 heterocycles. The Hall–Kier alpha value is -2.59. The van der Waals surface area contributed by atoms with E-state index in [9.17, 15) is 0 Å². The molecule has 0 bridgehead atoms. The van der Waals surface area contributed by atoms with E-state index in [4.69, 9.17) is 0 Å². The summed E-state index contributed by atoms with van der Waals surface area (Å²) in [6.07, 6.45) is 45.7. The molecule has 8 aromatic rings. The summed E-state index contributed by atoms with van der Waals surface area (Å²) >= 11 is 3.36. The molecule has 0 aromatic heterocycles. The van der Waals surface area contributed by atoms with Crippen LogP contribution in [0.3, 0.4) is 0 Å². The zero-order valence-corrected chi connectivity index (χ0v) is 54.0. The summed E-state index contributed by atoms with van der Waals surface area (Å²) in [5.41, 5.74) is 6.44. The van der Waals surface area contributed by atoms with Gasteiger partial charge in [0.2, 0.25) is 0 Å². The smallest absolute Gasteiger partial charge is 0.0533 e. The van der Waals surface area contributed by atoms with Crippen molar-refractivity contribution in [3.8, 4) is 0 Å². The third-order valence-corrected chi connectivity index (χ3v) is 20.9. The monoisotopic (exact) mass is 1230 g/mol. The maximum Gasteiger partial charge on any atom is -0.0533 e. The number of fused-ring (bicyclic) bond motifs is 4. The molecule has 0 radical (unpaired) electrons. The maximum absolute atomic E-state index is 2.36. The van der Waals surface area contributed by atoms with E-state index in [2.05, 4.69) is 146 Å². The molecule has 0 atom stereocenters. The Labute approximate surface area is 515 Å². The van der Waals surface area contributed by atoms with Crippen LogP contribution in [0.1, 0.15) is 251 Å². The van der Waals surface area contributed by atoms with Crippen molar-refractivity contribution in [2.45, 2.75) is 229 Å². The molecular formula is C74H92Cl2Zr2-2. The molecule has 6 saturated carbocycles.